The lowest BCUT2D eigenvalue weighted by atomic mass is 10.2. The van der Waals surface area contributed by atoms with Crippen molar-refractivity contribution in [3.05, 3.63) is 11.3 Å². The minimum atomic E-state index is -0.400. The van der Waals surface area contributed by atoms with Gasteiger partial charge in [0.1, 0.15) is 5.76 Å². The molecule has 0 fully saturated rings. The number of methoxy groups -OCH3 is 1. The summed E-state index contributed by atoms with van der Waals surface area (Å²) in [6, 6.07) is 0. The standard InChI is InChI=1S/C9H12N2O4/c1-14-9(13)11-4-2-3-7-6(5-11)8(12)10-15-7/h2-5H2,1H3,(H,10,12). The normalized spacial score (nSPS) is 15.7. The van der Waals surface area contributed by atoms with Crippen LogP contribution in [0.5, 0.6) is 5.88 Å². The monoisotopic (exact) mass is 212 g/mol. The van der Waals surface area contributed by atoms with Crippen LogP contribution in [0.2, 0.25) is 0 Å². The third-order valence-corrected chi connectivity index (χ3v) is 2.46. The van der Waals surface area contributed by atoms with Gasteiger partial charge in [-0.3, -0.25) is 0 Å². The number of carbonyl (C=O) groups excluding carboxylic acids is 1. The molecule has 0 spiro atoms. The van der Waals surface area contributed by atoms with Crippen molar-refractivity contribution in [3.63, 3.8) is 0 Å². The highest BCUT2D eigenvalue weighted by molar-refractivity contribution is 5.67. The van der Waals surface area contributed by atoms with E-state index < -0.39 is 6.09 Å². The van der Waals surface area contributed by atoms with Crippen molar-refractivity contribution < 1.29 is 19.2 Å². The fourth-order valence-electron chi connectivity index (χ4n) is 1.67. The number of amides is 1. The maximum absolute atomic E-state index is 11.3. The van der Waals surface area contributed by atoms with Crippen LogP contribution in [0.4, 0.5) is 4.79 Å². The molecule has 2 heterocycles. The number of hydrogen-bond donors (Lipinski definition) is 1. The van der Waals surface area contributed by atoms with E-state index in [0.29, 0.717) is 24.3 Å². The third-order valence-electron chi connectivity index (χ3n) is 2.46. The quantitative estimate of drug-likeness (QED) is 0.691. The van der Waals surface area contributed by atoms with Crippen molar-refractivity contribution in [2.75, 3.05) is 13.7 Å². The lowest BCUT2D eigenvalue weighted by Crippen LogP contribution is -2.30. The van der Waals surface area contributed by atoms with Crippen LogP contribution in [0.25, 0.3) is 0 Å². The molecule has 1 aliphatic rings. The zero-order valence-electron chi connectivity index (χ0n) is 8.39. The van der Waals surface area contributed by atoms with E-state index in [4.69, 9.17) is 4.52 Å². The first-order chi connectivity index (χ1) is 7.22. The predicted molar refractivity (Wildman–Crippen MR) is 49.3 cm³/mol. The van der Waals surface area contributed by atoms with Gasteiger partial charge < -0.3 is 19.3 Å². The molecule has 1 N–H and O–H groups in total. The maximum atomic E-state index is 11.3. The maximum Gasteiger partial charge on any atom is 0.409 e. The number of aromatic nitrogens is 1. The summed E-state index contributed by atoms with van der Waals surface area (Å²) in [5.41, 5.74) is 0.581. The summed E-state index contributed by atoms with van der Waals surface area (Å²) in [5, 5.41) is 12.9. The lowest BCUT2D eigenvalue weighted by molar-refractivity contribution is 0.121. The highest BCUT2D eigenvalue weighted by atomic mass is 16.5. The summed E-state index contributed by atoms with van der Waals surface area (Å²) in [5.74, 6) is 0.514. The molecule has 15 heavy (non-hydrogen) atoms. The average Bonchev–Trinajstić information content (AvgIpc) is 2.50. The van der Waals surface area contributed by atoms with Crippen molar-refractivity contribution in [2.24, 2.45) is 0 Å². The van der Waals surface area contributed by atoms with Gasteiger partial charge in [0, 0.05) is 13.0 Å². The fraction of sp³-hybridized carbons (Fsp3) is 0.556. The van der Waals surface area contributed by atoms with Gasteiger partial charge in [-0.1, -0.05) is 0 Å². The second-order valence-electron chi connectivity index (χ2n) is 3.40. The number of rotatable bonds is 0. The van der Waals surface area contributed by atoms with Crippen LogP contribution in [-0.2, 0) is 17.7 Å². The number of fused-ring (bicyclic) bond motifs is 1. The molecule has 1 amide bonds. The molecule has 0 aromatic carbocycles. The summed E-state index contributed by atoms with van der Waals surface area (Å²) >= 11 is 0. The molecule has 82 valence electrons. The van der Waals surface area contributed by atoms with Gasteiger partial charge >= 0.3 is 6.09 Å². The highest BCUT2D eigenvalue weighted by Gasteiger charge is 2.25. The lowest BCUT2D eigenvalue weighted by Gasteiger charge is -2.17. The second-order valence-corrected chi connectivity index (χ2v) is 3.40. The van der Waals surface area contributed by atoms with E-state index in [9.17, 15) is 9.90 Å². The van der Waals surface area contributed by atoms with Gasteiger partial charge in [-0.2, -0.15) is 0 Å². The Balaban J connectivity index is 2.23. The molecule has 1 aromatic heterocycles. The zero-order valence-corrected chi connectivity index (χ0v) is 8.39. The van der Waals surface area contributed by atoms with Crippen LogP contribution in [0.3, 0.4) is 0 Å². The molecular formula is C9H12N2O4. The molecule has 6 nitrogen and oxygen atoms in total. The molecule has 1 aliphatic heterocycles. The Hall–Kier alpha value is -1.72. The van der Waals surface area contributed by atoms with E-state index >= 15 is 0 Å². The van der Waals surface area contributed by atoms with E-state index in [1.165, 1.54) is 12.0 Å². The number of carbonyl (C=O) groups is 1. The van der Waals surface area contributed by atoms with Crippen LogP contribution in [0.15, 0.2) is 4.52 Å². The predicted octanol–water partition coefficient (Wildman–Crippen LogP) is 0.895. The molecule has 1 aromatic rings. The molecular weight excluding hydrogens is 200 g/mol. The molecule has 0 bridgehead atoms. The Morgan fingerprint density at radius 2 is 2.47 bits per heavy atom. The van der Waals surface area contributed by atoms with E-state index in [0.717, 1.165) is 6.42 Å². The SMILES string of the molecule is COC(=O)N1CCCc2onc(O)c2C1. The molecule has 0 saturated heterocycles. The molecule has 2 rings (SSSR count). The van der Waals surface area contributed by atoms with Crippen molar-refractivity contribution in [3.8, 4) is 5.88 Å². The van der Waals surface area contributed by atoms with Crippen molar-refractivity contribution >= 4 is 6.09 Å². The highest BCUT2D eigenvalue weighted by Crippen LogP contribution is 2.26. The van der Waals surface area contributed by atoms with Gasteiger partial charge in [-0.25, -0.2) is 4.79 Å². The number of aromatic hydroxyl groups is 1. The molecule has 0 atom stereocenters. The zero-order chi connectivity index (χ0) is 10.8. The van der Waals surface area contributed by atoms with E-state index in [2.05, 4.69) is 9.89 Å². The third kappa shape index (κ3) is 1.74. The Labute approximate surface area is 86.4 Å². The van der Waals surface area contributed by atoms with Gasteiger partial charge in [0.2, 0.25) is 0 Å². The van der Waals surface area contributed by atoms with Crippen molar-refractivity contribution in [1.82, 2.24) is 10.1 Å². The molecule has 0 unspecified atom stereocenters. The minimum Gasteiger partial charge on any atom is -0.491 e. The van der Waals surface area contributed by atoms with Gasteiger partial charge in [0.05, 0.1) is 19.2 Å². The van der Waals surface area contributed by atoms with E-state index in [-0.39, 0.29) is 12.4 Å². The van der Waals surface area contributed by atoms with Gasteiger partial charge in [-0.15, -0.1) is 0 Å². The Morgan fingerprint density at radius 1 is 1.67 bits per heavy atom. The number of aryl methyl sites for hydroxylation is 1. The Morgan fingerprint density at radius 3 is 3.20 bits per heavy atom. The van der Waals surface area contributed by atoms with Crippen LogP contribution in [0.1, 0.15) is 17.7 Å². The van der Waals surface area contributed by atoms with Gasteiger partial charge in [0.15, 0.2) is 0 Å². The Kier molecular flexibility index (Phi) is 2.49. The number of ether oxygens (including phenoxy) is 1. The second kappa shape index (κ2) is 3.80. The van der Waals surface area contributed by atoms with Crippen molar-refractivity contribution in [2.45, 2.75) is 19.4 Å². The topological polar surface area (TPSA) is 75.8 Å². The van der Waals surface area contributed by atoms with Crippen LogP contribution in [-0.4, -0.2) is 34.9 Å². The van der Waals surface area contributed by atoms with E-state index in [1.807, 2.05) is 0 Å². The summed E-state index contributed by atoms with van der Waals surface area (Å²) in [4.78, 5) is 12.9. The van der Waals surface area contributed by atoms with Crippen LogP contribution >= 0.6 is 0 Å². The van der Waals surface area contributed by atoms with Gasteiger partial charge in [-0.05, 0) is 11.6 Å². The summed E-state index contributed by atoms with van der Waals surface area (Å²) < 4.78 is 9.58. The van der Waals surface area contributed by atoms with Crippen molar-refractivity contribution in [1.29, 1.82) is 0 Å². The fourth-order valence-corrected chi connectivity index (χ4v) is 1.67. The van der Waals surface area contributed by atoms with Crippen LogP contribution in [0, 0.1) is 0 Å². The Bertz CT molecular complexity index is 374. The van der Waals surface area contributed by atoms with Gasteiger partial charge in [0.25, 0.3) is 5.88 Å². The van der Waals surface area contributed by atoms with Crippen LogP contribution < -0.4 is 0 Å². The molecule has 6 heteroatoms. The minimum absolute atomic E-state index is 0.138. The first kappa shape index (κ1) is 9.82. The summed E-state index contributed by atoms with van der Waals surface area (Å²) in [6.07, 6.45) is 1.05. The molecule has 0 saturated carbocycles. The largest absolute Gasteiger partial charge is 0.491 e. The smallest absolute Gasteiger partial charge is 0.409 e. The number of nitrogens with zero attached hydrogens (tertiary/aromatic N) is 2. The average molecular weight is 212 g/mol. The summed E-state index contributed by atoms with van der Waals surface area (Å²) in [7, 11) is 1.33. The van der Waals surface area contributed by atoms with E-state index in [1.54, 1.807) is 0 Å². The summed E-state index contributed by atoms with van der Waals surface area (Å²) in [6.45, 7) is 0.883. The first-order valence-corrected chi connectivity index (χ1v) is 4.71. The molecule has 0 aliphatic carbocycles. The molecule has 0 radical (unpaired) electrons. The number of hydrogen-bond acceptors (Lipinski definition) is 5. The first-order valence-electron chi connectivity index (χ1n) is 4.71.